The average Bonchev–Trinajstić information content (AvgIpc) is 3.44. The van der Waals surface area contributed by atoms with Gasteiger partial charge in [-0.3, -0.25) is 14.5 Å². The Balaban J connectivity index is 1.69. The number of halogens is 2. The van der Waals surface area contributed by atoms with E-state index < -0.39 is 29.3 Å². The van der Waals surface area contributed by atoms with Crippen LogP contribution in [0.4, 0.5) is 9.52 Å². The van der Waals surface area contributed by atoms with E-state index in [9.17, 15) is 19.1 Å². The zero-order valence-corrected chi connectivity index (χ0v) is 18.9. The lowest BCUT2D eigenvalue weighted by Gasteiger charge is -2.24. The van der Waals surface area contributed by atoms with Gasteiger partial charge < -0.3 is 9.52 Å². The number of Topliss-reactive ketones (excluding diaryl/α,β-unsaturated/α-hetero) is 1. The first-order valence-corrected chi connectivity index (χ1v) is 11.1. The molecule has 0 aliphatic carbocycles. The second kappa shape index (κ2) is 7.68. The standard InChI is InChI=1S/C23H14BrFN2O4S/c1-11-5-8-16(31-11)20(28)18-19(12-3-2-4-13(24)9-12)27(22(30)21(18)29)23-26-15-7-6-14(25)10-17(15)32-23/h2-10,19,29H,1H3/t19-/m0/s1. The number of anilines is 1. The van der Waals surface area contributed by atoms with Crippen molar-refractivity contribution < 1.29 is 23.5 Å². The van der Waals surface area contributed by atoms with Crippen LogP contribution in [0.3, 0.4) is 0 Å². The van der Waals surface area contributed by atoms with Gasteiger partial charge in [-0.2, -0.15) is 0 Å². The molecule has 1 aliphatic rings. The van der Waals surface area contributed by atoms with Crippen LogP contribution in [-0.4, -0.2) is 21.8 Å². The highest BCUT2D eigenvalue weighted by molar-refractivity contribution is 9.10. The first-order chi connectivity index (χ1) is 15.3. The molecular weight excluding hydrogens is 499 g/mol. The molecule has 32 heavy (non-hydrogen) atoms. The molecule has 0 radical (unpaired) electrons. The lowest BCUT2D eigenvalue weighted by Crippen LogP contribution is -2.30. The summed E-state index contributed by atoms with van der Waals surface area (Å²) in [5, 5.41) is 11.0. The van der Waals surface area contributed by atoms with Crippen LogP contribution in [0.2, 0.25) is 0 Å². The number of benzene rings is 2. The second-order valence-electron chi connectivity index (χ2n) is 7.24. The van der Waals surface area contributed by atoms with Gasteiger partial charge in [-0.15, -0.1) is 0 Å². The van der Waals surface area contributed by atoms with Crippen LogP contribution in [0.1, 0.15) is 27.9 Å². The van der Waals surface area contributed by atoms with Gasteiger partial charge in [0.15, 0.2) is 16.7 Å². The summed E-state index contributed by atoms with van der Waals surface area (Å²) in [4.78, 5) is 32.2. The van der Waals surface area contributed by atoms with Crippen molar-refractivity contribution in [2.75, 3.05) is 4.90 Å². The van der Waals surface area contributed by atoms with Gasteiger partial charge in [-0.05, 0) is 55.0 Å². The van der Waals surface area contributed by atoms with Gasteiger partial charge in [0.2, 0.25) is 5.78 Å². The van der Waals surface area contributed by atoms with Crippen molar-refractivity contribution in [1.29, 1.82) is 0 Å². The fourth-order valence-corrected chi connectivity index (χ4v) is 5.14. The van der Waals surface area contributed by atoms with E-state index in [4.69, 9.17) is 4.42 Å². The fourth-order valence-electron chi connectivity index (χ4n) is 3.71. The molecule has 1 atom stereocenters. The maximum absolute atomic E-state index is 13.7. The fraction of sp³-hybridized carbons (Fsp3) is 0.0870. The number of carbonyl (C=O) groups is 2. The normalized spacial score (nSPS) is 16.4. The van der Waals surface area contributed by atoms with Crippen molar-refractivity contribution in [1.82, 2.24) is 4.98 Å². The van der Waals surface area contributed by atoms with Crippen molar-refractivity contribution in [3.63, 3.8) is 0 Å². The summed E-state index contributed by atoms with van der Waals surface area (Å²) >= 11 is 4.52. The number of aromatic nitrogens is 1. The highest BCUT2D eigenvalue weighted by atomic mass is 79.9. The van der Waals surface area contributed by atoms with Crippen molar-refractivity contribution >= 4 is 54.3 Å². The molecule has 0 saturated carbocycles. The third kappa shape index (κ3) is 3.34. The quantitative estimate of drug-likeness (QED) is 0.345. The Morgan fingerprint density at radius 1 is 1.22 bits per heavy atom. The minimum atomic E-state index is -0.941. The number of aryl methyl sites for hydroxylation is 1. The van der Waals surface area contributed by atoms with E-state index in [1.807, 2.05) is 6.07 Å². The first-order valence-electron chi connectivity index (χ1n) is 9.53. The molecule has 1 amide bonds. The molecule has 9 heteroatoms. The first kappa shape index (κ1) is 20.6. The molecule has 2 aromatic carbocycles. The molecule has 160 valence electrons. The molecule has 0 bridgehead atoms. The third-order valence-electron chi connectivity index (χ3n) is 5.13. The maximum Gasteiger partial charge on any atom is 0.296 e. The number of amides is 1. The van der Waals surface area contributed by atoms with Crippen LogP contribution in [-0.2, 0) is 4.79 Å². The van der Waals surface area contributed by atoms with Gasteiger partial charge in [0.1, 0.15) is 11.6 Å². The number of ketones is 1. The van der Waals surface area contributed by atoms with Crippen molar-refractivity contribution in [2.24, 2.45) is 0 Å². The number of carbonyl (C=O) groups excluding carboxylic acids is 2. The number of thiazole rings is 1. The van der Waals surface area contributed by atoms with Crippen LogP contribution in [0.15, 0.2) is 74.8 Å². The van der Waals surface area contributed by atoms with Gasteiger partial charge >= 0.3 is 0 Å². The summed E-state index contributed by atoms with van der Waals surface area (Å²) in [6.45, 7) is 1.70. The van der Waals surface area contributed by atoms with Crippen molar-refractivity contribution in [3.05, 3.63) is 93.3 Å². The van der Waals surface area contributed by atoms with Gasteiger partial charge in [0.05, 0.1) is 21.8 Å². The molecule has 2 aromatic heterocycles. The number of hydrogen-bond acceptors (Lipinski definition) is 6. The Labute approximate surface area is 193 Å². The summed E-state index contributed by atoms with van der Waals surface area (Å²) in [5.74, 6) is -1.90. The lowest BCUT2D eigenvalue weighted by molar-refractivity contribution is -0.117. The van der Waals surface area contributed by atoms with E-state index in [2.05, 4.69) is 20.9 Å². The smallest absolute Gasteiger partial charge is 0.296 e. The SMILES string of the molecule is Cc1ccc(C(=O)C2=C(O)C(=O)N(c3nc4ccc(F)cc4s3)[C@H]2c2cccc(Br)c2)o1. The largest absolute Gasteiger partial charge is 0.503 e. The molecule has 1 aliphatic heterocycles. The van der Waals surface area contributed by atoms with Crippen LogP contribution < -0.4 is 4.90 Å². The Kier molecular flexibility index (Phi) is 4.94. The summed E-state index contributed by atoms with van der Waals surface area (Å²) in [6, 6.07) is 13.4. The summed E-state index contributed by atoms with van der Waals surface area (Å²) in [6.07, 6.45) is 0. The summed E-state index contributed by atoms with van der Waals surface area (Å²) < 4.78 is 20.4. The number of aliphatic hydroxyl groups excluding tert-OH is 1. The average molecular weight is 513 g/mol. The Morgan fingerprint density at radius 2 is 2.03 bits per heavy atom. The van der Waals surface area contributed by atoms with Gasteiger partial charge in [-0.25, -0.2) is 9.37 Å². The van der Waals surface area contributed by atoms with E-state index in [0.29, 0.717) is 21.5 Å². The van der Waals surface area contributed by atoms with Crippen LogP contribution in [0.5, 0.6) is 0 Å². The highest BCUT2D eigenvalue weighted by Crippen LogP contribution is 2.44. The van der Waals surface area contributed by atoms with E-state index in [1.165, 1.54) is 29.2 Å². The number of furan rings is 1. The number of fused-ring (bicyclic) bond motifs is 1. The number of rotatable bonds is 4. The second-order valence-corrected chi connectivity index (χ2v) is 9.17. The topological polar surface area (TPSA) is 83.6 Å². The molecule has 0 fully saturated rings. The molecule has 0 saturated heterocycles. The Morgan fingerprint density at radius 3 is 2.75 bits per heavy atom. The van der Waals surface area contributed by atoms with Gasteiger partial charge in [0, 0.05) is 4.47 Å². The van der Waals surface area contributed by atoms with Crippen molar-refractivity contribution in [3.8, 4) is 0 Å². The third-order valence-corrected chi connectivity index (χ3v) is 6.64. The number of nitrogens with zero attached hydrogens (tertiary/aromatic N) is 2. The lowest BCUT2D eigenvalue weighted by atomic mass is 9.95. The zero-order chi connectivity index (χ0) is 22.6. The van der Waals surface area contributed by atoms with Crippen molar-refractivity contribution in [2.45, 2.75) is 13.0 Å². The van der Waals surface area contributed by atoms with E-state index in [-0.39, 0.29) is 16.5 Å². The molecule has 3 heterocycles. The number of aliphatic hydroxyl groups is 1. The van der Waals surface area contributed by atoms with Crippen LogP contribution in [0, 0.1) is 12.7 Å². The molecule has 1 N–H and O–H groups in total. The van der Waals surface area contributed by atoms with Crippen LogP contribution >= 0.6 is 27.3 Å². The minimum Gasteiger partial charge on any atom is -0.503 e. The highest BCUT2D eigenvalue weighted by Gasteiger charge is 2.46. The zero-order valence-electron chi connectivity index (χ0n) is 16.5. The van der Waals surface area contributed by atoms with E-state index >= 15 is 0 Å². The molecule has 0 unspecified atom stereocenters. The summed E-state index contributed by atoms with van der Waals surface area (Å²) in [5.41, 5.74) is 0.995. The van der Waals surface area contributed by atoms with E-state index in [0.717, 1.165) is 15.8 Å². The maximum atomic E-state index is 13.7. The Hall–Kier alpha value is -3.30. The van der Waals surface area contributed by atoms with Gasteiger partial charge in [-0.1, -0.05) is 39.4 Å². The van der Waals surface area contributed by atoms with E-state index in [1.54, 1.807) is 31.2 Å². The Bertz CT molecular complexity index is 1440. The molecule has 6 nitrogen and oxygen atoms in total. The predicted octanol–water partition coefficient (Wildman–Crippen LogP) is 5.88. The molecule has 5 rings (SSSR count). The molecule has 0 spiro atoms. The number of hydrogen-bond donors (Lipinski definition) is 1. The minimum absolute atomic E-state index is 0.0186. The molecule has 4 aromatic rings. The summed E-state index contributed by atoms with van der Waals surface area (Å²) in [7, 11) is 0. The van der Waals surface area contributed by atoms with Gasteiger partial charge in [0.25, 0.3) is 5.91 Å². The molecular formula is C23H14BrFN2O4S. The predicted molar refractivity (Wildman–Crippen MR) is 121 cm³/mol. The van der Waals surface area contributed by atoms with Crippen LogP contribution in [0.25, 0.3) is 10.2 Å². The monoisotopic (exact) mass is 512 g/mol.